The number of aryl methyl sites for hydroxylation is 2. The fourth-order valence-electron chi connectivity index (χ4n) is 3.09. The molecule has 0 unspecified atom stereocenters. The molecule has 0 saturated carbocycles. The lowest BCUT2D eigenvalue weighted by Crippen LogP contribution is -2.28. The molecule has 0 saturated heterocycles. The molecule has 6 heteroatoms. The Kier molecular flexibility index (Phi) is 5.39. The minimum Gasteiger partial charge on any atom is -0.492 e. The van der Waals surface area contributed by atoms with Crippen LogP contribution in [0.3, 0.4) is 0 Å². The van der Waals surface area contributed by atoms with E-state index in [1.807, 2.05) is 12.1 Å². The van der Waals surface area contributed by atoms with E-state index in [0.29, 0.717) is 5.56 Å². The van der Waals surface area contributed by atoms with Gasteiger partial charge < -0.3 is 4.74 Å². The van der Waals surface area contributed by atoms with Crippen LogP contribution in [0, 0.1) is 12.7 Å². The van der Waals surface area contributed by atoms with Gasteiger partial charge in [0.05, 0.1) is 4.90 Å². The Labute approximate surface area is 148 Å². The second-order valence-electron chi connectivity index (χ2n) is 6.26. The van der Waals surface area contributed by atoms with Gasteiger partial charge in [0.1, 0.15) is 18.2 Å². The second kappa shape index (κ2) is 7.54. The molecule has 1 aliphatic carbocycles. The molecule has 25 heavy (non-hydrogen) atoms. The summed E-state index contributed by atoms with van der Waals surface area (Å²) in [7, 11) is -3.67. The molecule has 0 spiro atoms. The molecule has 2 aromatic carbocycles. The van der Waals surface area contributed by atoms with Crippen LogP contribution in [-0.2, 0) is 22.9 Å². The number of hydrogen-bond donors (Lipinski definition) is 1. The summed E-state index contributed by atoms with van der Waals surface area (Å²) in [6.45, 7) is 1.94. The van der Waals surface area contributed by atoms with Gasteiger partial charge in [0.2, 0.25) is 10.0 Å². The van der Waals surface area contributed by atoms with Crippen LogP contribution in [0.2, 0.25) is 0 Å². The molecule has 0 fully saturated rings. The topological polar surface area (TPSA) is 55.4 Å². The van der Waals surface area contributed by atoms with Crippen molar-refractivity contribution in [2.45, 2.75) is 37.5 Å². The molecule has 134 valence electrons. The van der Waals surface area contributed by atoms with Crippen molar-refractivity contribution < 1.29 is 17.5 Å². The quantitative estimate of drug-likeness (QED) is 0.801. The maximum absolute atomic E-state index is 13.3. The smallest absolute Gasteiger partial charge is 0.240 e. The van der Waals surface area contributed by atoms with E-state index in [-0.39, 0.29) is 18.0 Å². The van der Waals surface area contributed by atoms with Crippen molar-refractivity contribution in [1.82, 2.24) is 4.72 Å². The highest BCUT2D eigenvalue weighted by Gasteiger charge is 2.16. The first kappa shape index (κ1) is 17.9. The van der Waals surface area contributed by atoms with E-state index < -0.39 is 15.8 Å². The fourth-order valence-corrected chi connectivity index (χ4v) is 4.18. The normalized spacial score (nSPS) is 14.2. The first-order valence-electron chi connectivity index (χ1n) is 8.47. The minimum atomic E-state index is -3.67. The van der Waals surface area contributed by atoms with Crippen molar-refractivity contribution in [3.63, 3.8) is 0 Å². The lowest BCUT2D eigenvalue weighted by atomic mass is 9.91. The van der Waals surface area contributed by atoms with Crippen LogP contribution in [-0.4, -0.2) is 21.6 Å². The number of nitrogens with one attached hydrogen (secondary N) is 1. The molecular weight excluding hydrogens is 341 g/mol. The molecule has 3 rings (SSSR count). The molecule has 0 radical (unpaired) electrons. The van der Waals surface area contributed by atoms with E-state index in [1.165, 1.54) is 36.6 Å². The standard InChI is InChI=1S/C19H22FNO3S/c1-14-13-16(9-10-18(14)20)25(22,23)21-11-12-24-19-8-4-6-15-5-2-3-7-17(15)19/h4,6,8-10,13,21H,2-3,5,7,11-12H2,1H3. The van der Waals surface area contributed by atoms with Crippen LogP contribution in [0.4, 0.5) is 4.39 Å². The van der Waals surface area contributed by atoms with Crippen LogP contribution in [0.1, 0.15) is 29.5 Å². The highest BCUT2D eigenvalue weighted by Crippen LogP contribution is 2.29. The van der Waals surface area contributed by atoms with E-state index in [4.69, 9.17) is 4.74 Å². The van der Waals surface area contributed by atoms with Crippen molar-refractivity contribution in [2.75, 3.05) is 13.2 Å². The average molecular weight is 363 g/mol. The number of ether oxygens (including phenoxy) is 1. The maximum atomic E-state index is 13.3. The second-order valence-corrected chi connectivity index (χ2v) is 8.03. The first-order valence-corrected chi connectivity index (χ1v) is 9.95. The largest absolute Gasteiger partial charge is 0.492 e. The van der Waals surface area contributed by atoms with E-state index in [0.717, 1.165) is 31.1 Å². The summed E-state index contributed by atoms with van der Waals surface area (Å²) in [5.41, 5.74) is 2.87. The summed E-state index contributed by atoms with van der Waals surface area (Å²) < 4.78 is 46.1. The van der Waals surface area contributed by atoms with Crippen molar-refractivity contribution in [3.8, 4) is 5.75 Å². The molecule has 0 atom stereocenters. The number of rotatable bonds is 6. The number of halogens is 1. The molecule has 0 aliphatic heterocycles. The molecule has 4 nitrogen and oxygen atoms in total. The molecule has 0 aromatic heterocycles. The molecule has 2 aromatic rings. The van der Waals surface area contributed by atoms with Crippen LogP contribution in [0.25, 0.3) is 0 Å². The van der Waals surface area contributed by atoms with E-state index in [1.54, 1.807) is 0 Å². The summed E-state index contributed by atoms with van der Waals surface area (Å²) >= 11 is 0. The highest BCUT2D eigenvalue weighted by molar-refractivity contribution is 7.89. The van der Waals surface area contributed by atoms with E-state index in [9.17, 15) is 12.8 Å². The Hall–Kier alpha value is -1.92. The Bertz CT molecular complexity index is 865. The van der Waals surface area contributed by atoms with Crippen molar-refractivity contribution in [2.24, 2.45) is 0 Å². The number of fused-ring (bicyclic) bond motifs is 1. The van der Waals surface area contributed by atoms with Crippen LogP contribution >= 0.6 is 0 Å². The third-order valence-corrected chi connectivity index (χ3v) is 5.90. The van der Waals surface area contributed by atoms with Gasteiger partial charge in [-0.3, -0.25) is 0 Å². The zero-order valence-electron chi connectivity index (χ0n) is 14.2. The molecule has 0 amide bonds. The summed E-state index contributed by atoms with van der Waals surface area (Å²) in [6, 6.07) is 9.79. The Morgan fingerprint density at radius 3 is 2.76 bits per heavy atom. The first-order chi connectivity index (χ1) is 12.0. The number of hydrogen-bond acceptors (Lipinski definition) is 3. The lowest BCUT2D eigenvalue weighted by Gasteiger charge is -2.19. The van der Waals surface area contributed by atoms with Gasteiger partial charge in [0.25, 0.3) is 0 Å². The SMILES string of the molecule is Cc1cc(S(=O)(=O)NCCOc2cccc3c2CCCC3)ccc1F. The molecular formula is C19H22FNO3S. The highest BCUT2D eigenvalue weighted by atomic mass is 32.2. The van der Waals surface area contributed by atoms with Gasteiger partial charge in [-0.1, -0.05) is 12.1 Å². The number of sulfonamides is 1. The summed E-state index contributed by atoms with van der Waals surface area (Å²) in [4.78, 5) is 0.0588. The van der Waals surface area contributed by atoms with Gasteiger partial charge in [0, 0.05) is 6.54 Å². The van der Waals surface area contributed by atoms with Gasteiger partial charge in [0.15, 0.2) is 0 Å². The average Bonchev–Trinajstić information content (AvgIpc) is 2.61. The van der Waals surface area contributed by atoms with Crippen LogP contribution < -0.4 is 9.46 Å². The van der Waals surface area contributed by atoms with Gasteiger partial charge >= 0.3 is 0 Å². The van der Waals surface area contributed by atoms with Crippen molar-refractivity contribution in [3.05, 3.63) is 58.9 Å². The zero-order chi connectivity index (χ0) is 17.9. The zero-order valence-corrected chi connectivity index (χ0v) is 15.0. The Morgan fingerprint density at radius 1 is 1.16 bits per heavy atom. The number of benzene rings is 2. The van der Waals surface area contributed by atoms with Gasteiger partial charge in [-0.05, 0) is 73.6 Å². The van der Waals surface area contributed by atoms with Gasteiger partial charge in [-0.25, -0.2) is 17.5 Å². The molecule has 1 aliphatic rings. The maximum Gasteiger partial charge on any atom is 0.240 e. The van der Waals surface area contributed by atoms with Gasteiger partial charge in [-0.2, -0.15) is 0 Å². The van der Waals surface area contributed by atoms with Crippen LogP contribution in [0.15, 0.2) is 41.3 Å². The monoisotopic (exact) mass is 363 g/mol. The fraction of sp³-hybridized carbons (Fsp3) is 0.368. The van der Waals surface area contributed by atoms with Crippen molar-refractivity contribution >= 4 is 10.0 Å². The Balaban J connectivity index is 1.59. The van der Waals surface area contributed by atoms with Crippen LogP contribution in [0.5, 0.6) is 5.75 Å². The van der Waals surface area contributed by atoms with Crippen molar-refractivity contribution in [1.29, 1.82) is 0 Å². The summed E-state index contributed by atoms with van der Waals surface area (Å²) in [6.07, 6.45) is 4.44. The molecule has 1 N–H and O–H groups in total. The van der Waals surface area contributed by atoms with E-state index >= 15 is 0 Å². The third kappa shape index (κ3) is 4.19. The lowest BCUT2D eigenvalue weighted by molar-refractivity contribution is 0.318. The Morgan fingerprint density at radius 2 is 1.96 bits per heavy atom. The van der Waals surface area contributed by atoms with Gasteiger partial charge in [-0.15, -0.1) is 0 Å². The predicted molar refractivity (Wildman–Crippen MR) is 94.9 cm³/mol. The molecule has 0 bridgehead atoms. The third-order valence-electron chi connectivity index (χ3n) is 4.44. The minimum absolute atomic E-state index is 0.0588. The predicted octanol–water partition coefficient (Wildman–Crippen LogP) is 3.37. The summed E-state index contributed by atoms with van der Waals surface area (Å²) in [5, 5.41) is 0. The van der Waals surface area contributed by atoms with E-state index in [2.05, 4.69) is 10.8 Å². The molecule has 0 heterocycles. The summed E-state index contributed by atoms with van der Waals surface area (Å²) in [5.74, 6) is 0.421.